The molecule has 0 aromatic carbocycles. The Labute approximate surface area is 115 Å². The summed E-state index contributed by atoms with van der Waals surface area (Å²) in [5.41, 5.74) is 1.03. The molecular weight excluding hydrogens is 244 g/mol. The number of anilines is 1. The van der Waals surface area contributed by atoms with Gasteiger partial charge in [-0.25, -0.2) is 4.98 Å². The molecule has 0 spiro atoms. The molecule has 18 heavy (non-hydrogen) atoms. The summed E-state index contributed by atoms with van der Waals surface area (Å²) in [5, 5.41) is 3.15. The first kappa shape index (κ1) is 15.2. The van der Waals surface area contributed by atoms with Gasteiger partial charge in [0.2, 0.25) is 0 Å². The van der Waals surface area contributed by atoms with E-state index < -0.39 is 0 Å². The Morgan fingerprint density at radius 1 is 1.33 bits per heavy atom. The third-order valence-electron chi connectivity index (χ3n) is 2.93. The monoisotopic (exact) mass is 268 g/mol. The van der Waals surface area contributed by atoms with Crippen LogP contribution in [0.2, 0.25) is 0 Å². The molecule has 0 radical (unpaired) electrons. The van der Waals surface area contributed by atoms with Crippen molar-refractivity contribution in [3.63, 3.8) is 0 Å². The molecule has 0 saturated heterocycles. The van der Waals surface area contributed by atoms with Gasteiger partial charge in [-0.1, -0.05) is 6.92 Å². The van der Waals surface area contributed by atoms with Crippen molar-refractivity contribution in [2.24, 2.45) is 0 Å². The average molecular weight is 268 g/mol. The molecule has 102 valence electrons. The fourth-order valence-electron chi connectivity index (χ4n) is 1.84. The van der Waals surface area contributed by atoms with Crippen LogP contribution < -0.4 is 5.32 Å². The van der Waals surface area contributed by atoms with Gasteiger partial charge in [-0.05, 0) is 26.6 Å². The highest BCUT2D eigenvalue weighted by atomic mass is 32.2. The lowest BCUT2D eigenvalue weighted by molar-refractivity contribution is 0.245. The highest BCUT2D eigenvalue weighted by molar-refractivity contribution is 7.98. The summed E-state index contributed by atoms with van der Waals surface area (Å²) in [6.07, 6.45) is 6.99. The van der Waals surface area contributed by atoms with Gasteiger partial charge in [0, 0.05) is 24.9 Å². The maximum atomic E-state index is 4.44. The topological polar surface area (TPSA) is 41.1 Å². The molecule has 0 fully saturated rings. The molecule has 4 nitrogen and oxygen atoms in total. The summed E-state index contributed by atoms with van der Waals surface area (Å²) in [4.78, 5) is 11.1. The molecule has 1 N–H and O–H groups in total. The van der Waals surface area contributed by atoms with E-state index in [-0.39, 0.29) is 0 Å². The summed E-state index contributed by atoms with van der Waals surface area (Å²) < 4.78 is 0. The Kier molecular flexibility index (Phi) is 7.05. The molecule has 0 aliphatic carbocycles. The van der Waals surface area contributed by atoms with Crippen LogP contribution in [0.3, 0.4) is 0 Å². The maximum Gasteiger partial charge on any atom is 0.144 e. The van der Waals surface area contributed by atoms with Gasteiger partial charge in [-0.3, -0.25) is 9.88 Å². The predicted molar refractivity (Wildman–Crippen MR) is 80.1 cm³/mol. The largest absolute Gasteiger partial charge is 0.369 e. The summed E-state index contributed by atoms with van der Waals surface area (Å²) in [6, 6.07) is 0.607. The smallest absolute Gasteiger partial charge is 0.144 e. The molecule has 0 aliphatic heterocycles. The molecular formula is C13H24N4S. The summed E-state index contributed by atoms with van der Waals surface area (Å²) in [5.74, 6) is 2.01. The van der Waals surface area contributed by atoms with Crippen LogP contribution in [-0.2, 0) is 6.54 Å². The summed E-state index contributed by atoms with van der Waals surface area (Å²) >= 11 is 1.89. The van der Waals surface area contributed by atoms with Crippen LogP contribution in [0.4, 0.5) is 5.82 Å². The molecule has 1 heterocycles. The second kappa shape index (κ2) is 8.32. The van der Waals surface area contributed by atoms with E-state index >= 15 is 0 Å². The Balaban J connectivity index is 2.55. The van der Waals surface area contributed by atoms with Crippen molar-refractivity contribution in [2.45, 2.75) is 32.9 Å². The zero-order valence-electron chi connectivity index (χ0n) is 11.8. The Hall–Kier alpha value is -0.810. The van der Waals surface area contributed by atoms with Crippen molar-refractivity contribution in [3.8, 4) is 0 Å². The molecule has 1 aromatic rings. The number of nitrogens with zero attached hydrogens (tertiary/aromatic N) is 3. The van der Waals surface area contributed by atoms with E-state index in [4.69, 9.17) is 0 Å². The van der Waals surface area contributed by atoms with Gasteiger partial charge in [-0.2, -0.15) is 11.8 Å². The fraction of sp³-hybridized carbons (Fsp3) is 0.692. The normalized spacial score (nSPS) is 12.7. The minimum Gasteiger partial charge on any atom is -0.369 e. The Morgan fingerprint density at radius 2 is 2.11 bits per heavy atom. The van der Waals surface area contributed by atoms with Crippen molar-refractivity contribution in [1.29, 1.82) is 0 Å². The molecule has 0 bridgehead atoms. The van der Waals surface area contributed by atoms with Gasteiger partial charge in [0.1, 0.15) is 5.82 Å². The van der Waals surface area contributed by atoms with Gasteiger partial charge in [0.25, 0.3) is 0 Å². The van der Waals surface area contributed by atoms with Crippen molar-refractivity contribution in [3.05, 3.63) is 18.1 Å². The second-order valence-corrected chi connectivity index (χ2v) is 5.27. The lowest BCUT2D eigenvalue weighted by Crippen LogP contribution is -2.33. The zero-order chi connectivity index (χ0) is 13.4. The number of hydrogen-bond donors (Lipinski definition) is 1. The van der Waals surface area contributed by atoms with Gasteiger partial charge < -0.3 is 5.32 Å². The SMILES string of the molecule is CCNc1cnc(CN(C)C(CC)CSC)cn1. The van der Waals surface area contributed by atoms with Crippen molar-refractivity contribution < 1.29 is 0 Å². The maximum absolute atomic E-state index is 4.44. The quantitative estimate of drug-likeness (QED) is 0.784. The Bertz CT molecular complexity index is 328. The van der Waals surface area contributed by atoms with Crippen LogP contribution in [0.15, 0.2) is 12.4 Å². The first-order valence-corrected chi connectivity index (χ1v) is 7.84. The van der Waals surface area contributed by atoms with Crippen molar-refractivity contribution in [2.75, 3.05) is 30.9 Å². The minimum absolute atomic E-state index is 0.607. The van der Waals surface area contributed by atoms with Gasteiger partial charge in [0.05, 0.1) is 18.1 Å². The van der Waals surface area contributed by atoms with Crippen LogP contribution in [-0.4, -0.2) is 46.5 Å². The number of hydrogen-bond acceptors (Lipinski definition) is 5. The molecule has 0 aliphatic rings. The minimum atomic E-state index is 0.607. The molecule has 0 saturated carbocycles. The first-order valence-electron chi connectivity index (χ1n) is 6.45. The lowest BCUT2D eigenvalue weighted by atomic mass is 10.2. The van der Waals surface area contributed by atoms with Crippen LogP contribution >= 0.6 is 11.8 Å². The highest BCUT2D eigenvalue weighted by Gasteiger charge is 2.12. The molecule has 0 amide bonds. The van der Waals surface area contributed by atoms with E-state index in [9.17, 15) is 0 Å². The van der Waals surface area contributed by atoms with E-state index in [2.05, 4.69) is 47.3 Å². The van der Waals surface area contributed by atoms with Gasteiger partial charge in [-0.15, -0.1) is 0 Å². The second-order valence-electron chi connectivity index (χ2n) is 4.36. The van der Waals surface area contributed by atoms with E-state index in [0.717, 1.165) is 30.4 Å². The van der Waals surface area contributed by atoms with E-state index in [0.29, 0.717) is 6.04 Å². The molecule has 1 rings (SSSR count). The summed E-state index contributed by atoms with van der Waals surface area (Å²) in [7, 11) is 2.16. The summed E-state index contributed by atoms with van der Waals surface area (Å²) in [6.45, 7) is 6.02. The third kappa shape index (κ3) is 4.82. The van der Waals surface area contributed by atoms with Crippen LogP contribution in [0.5, 0.6) is 0 Å². The average Bonchev–Trinajstić information content (AvgIpc) is 2.38. The van der Waals surface area contributed by atoms with E-state index in [1.165, 1.54) is 6.42 Å². The van der Waals surface area contributed by atoms with E-state index in [1.54, 1.807) is 0 Å². The fourth-order valence-corrected chi connectivity index (χ4v) is 2.72. The molecule has 1 aromatic heterocycles. The molecule has 1 atom stereocenters. The van der Waals surface area contributed by atoms with Crippen LogP contribution in [0.25, 0.3) is 0 Å². The molecule has 1 unspecified atom stereocenters. The number of nitrogens with one attached hydrogen (secondary N) is 1. The Morgan fingerprint density at radius 3 is 2.61 bits per heavy atom. The third-order valence-corrected chi connectivity index (χ3v) is 3.65. The van der Waals surface area contributed by atoms with Gasteiger partial charge in [0.15, 0.2) is 0 Å². The highest BCUT2D eigenvalue weighted by Crippen LogP contribution is 2.11. The van der Waals surface area contributed by atoms with Crippen LogP contribution in [0.1, 0.15) is 26.0 Å². The van der Waals surface area contributed by atoms with Crippen molar-refractivity contribution >= 4 is 17.6 Å². The number of thioether (sulfide) groups is 1. The number of aromatic nitrogens is 2. The first-order chi connectivity index (χ1) is 8.71. The lowest BCUT2D eigenvalue weighted by Gasteiger charge is -2.26. The van der Waals surface area contributed by atoms with Crippen molar-refractivity contribution in [1.82, 2.24) is 14.9 Å². The number of rotatable bonds is 8. The standard InChI is InChI=1S/C13H24N4S/c1-5-12(10-18-4)17(3)9-11-7-16-13(8-15-11)14-6-2/h7-8,12H,5-6,9-10H2,1-4H3,(H,14,16). The predicted octanol–water partition coefficient (Wildman–Crippen LogP) is 2.48. The van der Waals surface area contributed by atoms with Gasteiger partial charge >= 0.3 is 0 Å². The molecule has 5 heteroatoms. The van der Waals surface area contributed by atoms with Crippen LogP contribution in [0, 0.1) is 0 Å². The van der Waals surface area contributed by atoms with E-state index in [1.807, 2.05) is 24.2 Å². The zero-order valence-corrected chi connectivity index (χ0v) is 12.6.